The van der Waals surface area contributed by atoms with Gasteiger partial charge in [0.25, 0.3) is 0 Å². The number of benzene rings is 2. The molecule has 1 N–H and O–H groups in total. The molecule has 2 heterocycles. The summed E-state index contributed by atoms with van der Waals surface area (Å²) in [5.74, 6) is -0.235. The maximum Gasteiger partial charge on any atom is 0.416 e. The van der Waals surface area contributed by atoms with E-state index in [4.69, 9.17) is 14.8 Å². The molecule has 2 aromatic heterocycles. The van der Waals surface area contributed by atoms with Crippen molar-refractivity contribution in [3.63, 3.8) is 0 Å². The van der Waals surface area contributed by atoms with Gasteiger partial charge in [-0.2, -0.15) is 13.2 Å². The molecule has 0 aliphatic carbocycles. The Labute approximate surface area is 198 Å². The summed E-state index contributed by atoms with van der Waals surface area (Å²) < 4.78 is 46.3. The number of ether oxygens (including phenoxy) is 1. The molecular weight excluding hydrogens is 465 g/mol. The lowest BCUT2D eigenvalue weighted by Crippen LogP contribution is -2.16. The molecule has 0 unspecified atom stereocenters. The first-order chi connectivity index (χ1) is 16.1. The standard InChI is InChI=1S/C25H23F3N2O3S/c1-3-22-20(29-24(34-22)16-4-6-18(7-5-16)25(26,27)28)12-15(2)33-19-8-9-21-17(13-19)10-11-30(21)14-23(31)32/h4-11,13,15H,3,12,14H2,1-2H3,(H,31,32)/t15-/m0/s1. The predicted molar refractivity (Wildman–Crippen MR) is 125 cm³/mol. The molecule has 0 spiro atoms. The number of carboxylic acids is 1. The average Bonchev–Trinajstić information content (AvgIpc) is 3.36. The highest BCUT2D eigenvalue weighted by molar-refractivity contribution is 7.15. The van der Waals surface area contributed by atoms with Crippen molar-refractivity contribution in [1.29, 1.82) is 0 Å². The quantitative estimate of drug-likeness (QED) is 0.310. The Hall–Kier alpha value is -3.33. The van der Waals surface area contributed by atoms with Crippen molar-refractivity contribution in [2.45, 2.75) is 45.5 Å². The van der Waals surface area contributed by atoms with Crippen LogP contribution in [0.3, 0.4) is 0 Å². The Kier molecular flexibility index (Phi) is 6.65. The second kappa shape index (κ2) is 9.50. The van der Waals surface area contributed by atoms with Crippen molar-refractivity contribution < 1.29 is 27.8 Å². The number of aliphatic carboxylic acids is 1. The van der Waals surface area contributed by atoms with Gasteiger partial charge < -0.3 is 14.4 Å². The summed E-state index contributed by atoms with van der Waals surface area (Å²) in [6, 6.07) is 12.4. The van der Waals surface area contributed by atoms with E-state index in [0.717, 1.165) is 40.0 Å². The maximum absolute atomic E-state index is 12.9. The molecule has 0 saturated heterocycles. The molecule has 2 aromatic carbocycles. The molecular formula is C25H23F3N2O3S. The topological polar surface area (TPSA) is 64.4 Å². The first kappa shape index (κ1) is 23.8. The first-order valence-corrected chi connectivity index (χ1v) is 11.6. The van der Waals surface area contributed by atoms with E-state index in [2.05, 4.69) is 0 Å². The summed E-state index contributed by atoms with van der Waals surface area (Å²) in [4.78, 5) is 16.8. The fraction of sp³-hybridized carbons (Fsp3) is 0.280. The highest BCUT2D eigenvalue weighted by Crippen LogP contribution is 2.34. The van der Waals surface area contributed by atoms with Gasteiger partial charge in [-0.05, 0) is 49.7 Å². The van der Waals surface area contributed by atoms with E-state index in [1.807, 2.05) is 38.1 Å². The van der Waals surface area contributed by atoms with Crippen LogP contribution >= 0.6 is 11.3 Å². The van der Waals surface area contributed by atoms with Crippen LogP contribution in [0.4, 0.5) is 13.2 Å². The Balaban J connectivity index is 1.48. The van der Waals surface area contributed by atoms with Crippen LogP contribution < -0.4 is 4.74 Å². The number of hydrogen-bond acceptors (Lipinski definition) is 4. The van der Waals surface area contributed by atoms with E-state index in [-0.39, 0.29) is 12.6 Å². The van der Waals surface area contributed by atoms with Crippen molar-refractivity contribution in [2.75, 3.05) is 0 Å². The fourth-order valence-electron chi connectivity index (χ4n) is 3.83. The van der Waals surface area contributed by atoms with E-state index in [9.17, 15) is 18.0 Å². The van der Waals surface area contributed by atoms with E-state index >= 15 is 0 Å². The lowest BCUT2D eigenvalue weighted by Gasteiger charge is -2.14. The van der Waals surface area contributed by atoms with Crippen molar-refractivity contribution in [3.8, 4) is 16.3 Å². The third-order valence-corrected chi connectivity index (χ3v) is 6.72. The number of hydrogen-bond donors (Lipinski definition) is 1. The molecule has 0 aliphatic rings. The molecule has 34 heavy (non-hydrogen) atoms. The lowest BCUT2D eigenvalue weighted by atomic mass is 10.1. The van der Waals surface area contributed by atoms with Gasteiger partial charge in [0, 0.05) is 34.0 Å². The van der Waals surface area contributed by atoms with E-state index in [1.165, 1.54) is 23.5 Å². The van der Waals surface area contributed by atoms with Crippen LogP contribution in [0.1, 0.15) is 30.0 Å². The summed E-state index contributed by atoms with van der Waals surface area (Å²) in [5, 5.41) is 10.6. The Morgan fingerprint density at radius 1 is 1.18 bits per heavy atom. The zero-order chi connectivity index (χ0) is 24.5. The smallest absolute Gasteiger partial charge is 0.416 e. The molecule has 0 saturated carbocycles. The third kappa shape index (κ3) is 5.25. The summed E-state index contributed by atoms with van der Waals surface area (Å²) >= 11 is 1.49. The van der Waals surface area contributed by atoms with Gasteiger partial charge in [-0.3, -0.25) is 4.79 Å². The van der Waals surface area contributed by atoms with Gasteiger partial charge in [0.1, 0.15) is 23.4 Å². The van der Waals surface area contributed by atoms with Crippen LogP contribution in [0.15, 0.2) is 54.7 Å². The highest BCUT2D eigenvalue weighted by Gasteiger charge is 2.30. The predicted octanol–water partition coefficient (Wildman–Crippen LogP) is 6.44. The van der Waals surface area contributed by atoms with E-state index < -0.39 is 17.7 Å². The molecule has 1 atom stereocenters. The second-order valence-corrected chi connectivity index (χ2v) is 9.09. The summed E-state index contributed by atoms with van der Waals surface area (Å²) in [5.41, 5.74) is 1.67. The van der Waals surface area contributed by atoms with E-state index in [0.29, 0.717) is 22.7 Å². The number of aromatic nitrogens is 2. The Bertz CT molecular complexity index is 1310. The van der Waals surface area contributed by atoms with Crippen LogP contribution in [0.25, 0.3) is 21.5 Å². The average molecular weight is 489 g/mol. The number of carboxylic acid groups (broad SMARTS) is 1. The summed E-state index contributed by atoms with van der Waals surface area (Å²) in [6.45, 7) is 3.86. The molecule has 0 radical (unpaired) electrons. The van der Waals surface area contributed by atoms with Gasteiger partial charge in [-0.15, -0.1) is 11.3 Å². The minimum Gasteiger partial charge on any atom is -0.490 e. The van der Waals surface area contributed by atoms with Gasteiger partial charge in [0.2, 0.25) is 0 Å². The van der Waals surface area contributed by atoms with Gasteiger partial charge in [-0.1, -0.05) is 19.1 Å². The van der Waals surface area contributed by atoms with Crippen molar-refractivity contribution >= 4 is 28.2 Å². The van der Waals surface area contributed by atoms with Crippen LogP contribution in [-0.4, -0.2) is 26.7 Å². The Morgan fingerprint density at radius 2 is 1.91 bits per heavy atom. The number of aryl methyl sites for hydroxylation is 1. The summed E-state index contributed by atoms with van der Waals surface area (Å²) in [7, 11) is 0. The van der Waals surface area contributed by atoms with Crippen molar-refractivity contribution in [2.24, 2.45) is 0 Å². The van der Waals surface area contributed by atoms with Gasteiger partial charge in [-0.25, -0.2) is 4.98 Å². The lowest BCUT2D eigenvalue weighted by molar-refractivity contribution is -0.138. The zero-order valence-electron chi connectivity index (χ0n) is 18.6. The molecule has 4 rings (SSSR count). The van der Waals surface area contributed by atoms with Crippen LogP contribution in [-0.2, 0) is 30.4 Å². The molecule has 0 aliphatic heterocycles. The highest BCUT2D eigenvalue weighted by atomic mass is 32.1. The number of nitrogens with zero attached hydrogens (tertiary/aromatic N) is 2. The number of alkyl halides is 3. The Morgan fingerprint density at radius 3 is 2.56 bits per heavy atom. The van der Waals surface area contributed by atoms with Crippen molar-refractivity contribution in [1.82, 2.24) is 9.55 Å². The fourth-order valence-corrected chi connectivity index (χ4v) is 4.86. The monoisotopic (exact) mass is 488 g/mol. The second-order valence-electron chi connectivity index (χ2n) is 8.01. The SMILES string of the molecule is CCc1sc(-c2ccc(C(F)(F)F)cc2)nc1C[C@H](C)Oc1ccc2c(ccn2CC(=O)O)c1. The number of thiazole rings is 1. The zero-order valence-corrected chi connectivity index (χ0v) is 19.4. The van der Waals surface area contributed by atoms with Gasteiger partial charge in [0.15, 0.2) is 0 Å². The number of rotatable bonds is 8. The third-order valence-electron chi connectivity index (χ3n) is 5.42. The molecule has 178 valence electrons. The van der Waals surface area contributed by atoms with Crippen LogP contribution in [0.2, 0.25) is 0 Å². The van der Waals surface area contributed by atoms with Crippen molar-refractivity contribution in [3.05, 3.63) is 70.9 Å². The molecule has 9 heteroatoms. The first-order valence-electron chi connectivity index (χ1n) is 10.8. The largest absolute Gasteiger partial charge is 0.490 e. The van der Waals surface area contributed by atoms with Crippen LogP contribution in [0.5, 0.6) is 5.75 Å². The molecule has 5 nitrogen and oxygen atoms in total. The molecule has 0 bridgehead atoms. The van der Waals surface area contributed by atoms with Gasteiger partial charge in [0.05, 0.1) is 11.3 Å². The van der Waals surface area contributed by atoms with Crippen LogP contribution in [0, 0.1) is 0 Å². The normalized spacial score (nSPS) is 12.7. The minimum atomic E-state index is -4.37. The molecule has 4 aromatic rings. The number of carbonyl (C=O) groups is 1. The summed E-state index contributed by atoms with van der Waals surface area (Å²) in [6.07, 6.45) is -1.50. The maximum atomic E-state index is 12.9. The number of fused-ring (bicyclic) bond motifs is 1. The van der Waals surface area contributed by atoms with E-state index in [1.54, 1.807) is 10.8 Å². The molecule has 0 fully saturated rings. The van der Waals surface area contributed by atoms with Gasteiger partial charge >= 0.3 is 12.1 Å². The molecule has 0 amide bonds. The number of halogens is 3. The minimum absolute atomic E-state index is 0.106.